The van der Waals surface area contributed by atoms with Crippen LogP contribution in [0.2, 0.25) is 0 Å². The van der Waals surface area contributed by atoms with Gasteiger partial charge in [0.25, 0.3) is 5.69 Å². The first-order valence-electron chi connectivity index (χ1n) is 10.0. The number of halogens is 1. The summed E-state index contributed by atoms with van der Waals surface area (Å²) in [5.74, 6) is -0.188. The van der Waals surface area contributed by atoms with Crippen LogP contribution in [0.5, 0.6) is 11.5 Å². The van der Waals surface area contributed by atoms with Crippen molar-refractivity contribution >= 4 is 28.8 Å². The highest BCUT2D eigenvalue weighted by Gasteiger charge is 2.14. The lowest BCUT2D eigenvalue weighted by Gasteiger charge is -2.11. The molecule has 9 nitrogen and oxygen atoms in total. The van der Waals surface area contributed by atoms with Gasteiger partial charge in [-0.05, 0) is 42.0 Å². The number of ether oxygens (including phenoxy) is 2. The molecule has 0 aliphatic carbocycles. The molecule has 0 bridgehead atoms. The van der Waals surface area contributed by atoms with Crippen molar-refractivity contribution in [3.05, 3.63) is 99.5 Å². The number of carbonyl (C=O) groups is 1. The first-order valence-corrected chi connectivity index (χ1v) is 10.0. The molecule has 4 aromatic rings. The number of benzene rings is 3. The van der Waals surface area contributed by atoms with Crippen LogP contribution >= 0.6 is 0 Å². The summed E-state index contributed by atoms with van der Waals surface area (Å²) >= 11 is 0. The molecular weight excluding hydrogens is 445 g/mol. The number of furan rings is 1. The molecule has 10 heteroatoms. The second-order valence-corrected chi connectivity index (χ2v) is 7.08. The third kappa shape index (κ3) is 5.01. The summed E-state index contributed by atoms with van der Waals surface area (Å²) in [6.07, 6.45) is 1.40. The molecule has 0 radical (unpaired) electrons. The second-order valence-electron chi connectivity index (χ2n) is 7.08. The van der Waals surface area contributed by atoms with Crippen molar-refractivity contribution in [1.82, 2.24) is 5.43 Å². The van der Waals surface area contributed by atoms with Crippen LogP contribution in [-0.2, 0) is 6.61 Å². The summed E-state index contributed by atoms with van der Waals surface area (Å²) < 4.78 is 30.2. The molecule has 0 fully saturated rings. The van der Waals surface area contributed by atoms with Gasteiger partial charge in [-0.25, -0.2) is 9.82 Å². The van der Waals surface area contributed by atoms with Gasteiger partial charge < -0.3 is 13.9 Å². The summed E-state index contributed by atoms with van der Waals surface area (Å²) in [6.45, 7) is 0.0349. The molecule has 1 heterocycles. The number of nitro groups is 1. The predicted molar refractivity (Wildman–Crippen MR) is 122 cm³/mol. The van der Waals surface area contributed by atoms with E-state index in [4.69, 9.17) is 13.9 Å². The molecule has 4 rings (SSSR count). The quantitative estimate of drug-likeness (QED) is 0.227. The highest BCUT2D eigenvalue weighted by molar-refractivity contribution is 5.97. The molecule has 0 aliphatic rings. The zero-order valence-corrected chi connectivity index (χ0v) is 17.9. The third-order valence-electron chi connectivity index (χ3n) is 4.84. The fourth-order valence-electron chi connectivity index (χ4n) is 3.13. The van der Waals surface area contributed by atoms with Gasteiger partial charge in [-0.1, -0.05) is 18.2 Å². The zero-order chi connectivity index (χ0) is 24.1. The lowest BCUT2D eigenvalue weighted by atomic mass is 10.2. The number of amides is 1. The molecule has 3 aromatic carbocycles. The van der Waals surface area contributed by atoms with Gasteiger partial charge in [-0.3, -0.25) is 14.9 Å². The fraction of sp³-hybridized carbons (Fsp3) is 0.0833. The van der Waals surface area contributed by atoms with Gasteiger partial charge in [-0.2, -0.15) is 5.10 Å². The minimum Gasteiger partial charge on any atom is -0.493 e. The van der Waals surface area contributed by atoms with Crippen molar-refractivity contribution in [1.29, 1.82) is 0 Å². The first-order chi connectivity index (χ1) is 16.4. The summed E-state index contributed by atoms with van der Waals surface area (Å²) in [5, 5.41) is 15.2. The van der Waals surface area contributed by atoms with Gasteiger partial charge in [-0.15, -0.1) is 0 Å². The molecule has 1 amide bonds. The van der Waals surface area contributed by atoms with Crippen molar-refractivity contribution in [2.75, 3.05) is 7.11 Å². The number of methoxy groups -OCH3 is 1. The van der Waals surface area contributed by atoms with Gasteiger partial charge in [0.05, 0.1) is 18.2 Å². The van der Waals surface area contributed by atoms with Crippen LogP contribution in [0.3, 0.4) is 0 Å². The number of nitrogens with zero attached hydrogens (tertiary/aromatic N) is 2. The van der Waals surface area contributed by atoms with Crippen LogP contribution < -0.4 is 14.9 Å². The van der Waals surface area contributed by atoms with Gasteiger partial charge >= 0.3 is 5.91 Å². The molecule has 0 atom stereocenters. The van der Waals surface area contributed by atoms with Crippen molar-refractivity contribution in [3.8, 4) is 11.5 Å². The molecule has 0 saturated heterocycles. The number of rotatable bonds is 8. The van der Waals surface area contributed by atoms with Gasteiger partial charge in [0.15, 0.2) is 17.3 Å². The minimum atomic E-state index is -0.619. The number of non-ortho nitro benzene ring substituents is 1. The van der Waals surface area contributed by atoms with Crippen LogP contribution in [0.1, 0.15) is 21.7 Å². The maximum absolute atomic E-state index is 13.8. The molecule has 0 aliphatic heterocycles. The molecule has 0 unspecified atom stereocenters. The zero-order valence-electron chi connectivity index (χ0n) is 17.9. The monoisotopic (exact) mass is 463 g/mol. The number of fused-ring (bicyclic) bond motifs is 1. The Morgan fingerprint density at radius 1 is 1.15 bits per heavy atom. The van der Waals surface area contributed by atoms with E-state index in [9.17, 15) is 19.3 Å². The van der Waals surface area contributed by atoms with Crippen LogP contribution in [-0.4, -0.2) is 24.2 Å². The Hall–Kier alpha value is -4.73. The average Bonchev–Trinajstić information content (AvgIpc) is 3.27. The molecule has 0 spiro atoms. The second kappa shape index (κ2) is 9.82. The van der Waals surface area contributed by atoms with Crippen molar-refractivity contribution in [2.45, 2.75) is 6.61 Å². The molecule has 172 valence electrons. The highest BCUT2D eigenvalue weighted by Crippen LogP contribution is 2.29. The summed E-state index contributed by atoms with van der Waals surface area (Å²) in [5.41, 5.74) is 3.60. The fourth-order valence-corrected chi connectivity index (χ4v) is 3.13. The van der Waals surface area contributed by atoms with E-state index in [0.717, 1.165) is 0 Å². The largest absolute Gasteiger partial charge is 0.493 e. The highest BCUT2D eigenvalue weighted by atomic mass is 19.1. The molecule has 1 aromatic heterocycles. The van der Waals surface area contributed by atoms with E-state index in [1.807, 2.05) is 0 Å². The third-order valence-corrected chi connectivity index (χ3v) is 4.84. The number of hydrogen-bond acceptors (Lipinski definition) is 7. The predicted octanol–water partition coefficient (Wildman–Crippen LogP) is 4.83. The van der Waals surface area contributed by atoms with E-state index in [1.165, 1.54) is 43.7 Å². The van der Waals surface area contributed by atoms with Crippen LogP contribution in [0.4, 0.5) is 10.1 Å². The summed E-state index contributed by atoms with van der Waals surface area (Å²) in [7, 11) is 1.47. The Bertz CT molecular complexity index is 1400. The van der Waals surface area contributed by atoms with Crippen molar-refractivity contribution < 1.29 is 28.0 Å². The smallest absolute Gasteiger partial charge is 0.307 e. The molecule has 34 heavy (non-hydrogen) atoms. The van der Waals surface area contributed by atoms with Crippen LogP contribution in [0.25, 0.3) is 11.0 Å². The van der Waals surface area contributed by atoms with E-state index in [2.05, 4.69) is 10.5 Å². The maximum atomic E-state index is 13.8. The van der Waals surface area contributed by atoms with E-state index >= 15 is 0 Å². The number of hydrazone groups is 1. The van der Waals surface area contributed by atoms with Crippen molar-refractivity contribution in [3.63, 3.8) is 0 Å². The van der Waals surface area contributed by atoms with E-state index in [-0.39, 0.29) is 23.9 Å². The van der Waals surface area contributed by atoms with Crippen LogP contribution in [0, 0.1) is 15.9 Å². The first kappa shape index (κ1) is 22.5. The molecule has 1 N–H and O–H groups in total. The summed E-state index contributed by atoms with van der Waals surface area (Å²) in [6, 6.07) is 16.7. The number of nitrogens with one attached hydrogen (secondary N) is 1. The normalized spacial score (nSPS) is 11.0. The Kier molecular flexibility index (Phi) is 6.49. The van der Waals surface area contributed by atoms with Crippen LogP contribution in [0.15, 0.2) is 76.2 Å². The average molecular weight is 463 g/mol. The minimum absolute atomic E-state index is 0.0349. The van der Waals surface area contributed by atoms with Gasteiger partial charge in [0.2, 0.25) is 0 Å². The maximum Gasteiger partial charge on any atom is 0.307 e. The SMILES string of the molecule is COc1cc(/C=N\NC(=O)c2cc3cc([N+](=O)[O-])ccc3o2)ccc1OCc1ccccc1F. The Morgan fingerprint density at radius 2 is 1.97 bits per heavy atom. The van der Waals surface area contributed by atoms with E-state index in [0.29, 0.717) is 33.6 Å². The standard InChI is InChI=1S/C24H18FN3O6/c1-32-22-10-15(6-8-21(22)33-14-16-4-2-3-5-19(16)25)13-26-27-24(29)23-12-17-11-18(28(30)31)7-9-20(17)34-23/h2-13H,14H2,1H3,(H,27,29)/b26-13-. The number of hydrogen-bond donors (Lipinski definition) is 1. The Morgan fingerprint density at radius 3 is 2.74 bits per heavy atom. The molecular formula is C24H18FN3O6. The van der Waals surface area contributed by atoms with Gasteiger partial charge in [0.1, 0.15) is 18.0 Å². The number of nitro benzene ring substituents is 1. The Balaban J connectivity index is 1.41. The lowest BCUT2D eigenvalue weighted by molar-refractivity contribution is -0.384. The van der Waals surface area contributed by atoms with E-state index in [1.54, 1.807) is 36.4 Å². The molecule has 0 saturated carbocycles. The van der Waals surface area contributed by atoms with Gasteiger partial charge in [0, 0.05) is 23.1 Å². The van der Waals surface area contributed by atoms with E-state index < -0.39 is 10.8 Å². The van der Waals surface area contributed by atoms with Crippen molar-refractivity contribution in [2.24, 2.45) is 5.10 Å². The number of carbonyl (C=O) groups excluding carboxylic acids is 1. The lowest BCUT2D eigenvalue weighted by Crippen LogP contribution is -2.16. The summed E-state index contributed by atoms with van der Waals surface area (Å²) in [4.78, 5) is 22.7. The topological polar surface area (TPSA) is 116 Å². The Labute approximate surface area is 192 Å².